The first-order chi connectivity index (χ1) is 19.0. The lowest BCUT2D eigenvalue weighted by molar-refractivity contribution is -0.138. The Balaban J connectivity index is 1.49. The molecule has 0 bridgehead atoms. The number of fused-ring (bicyclic) bond motifs is 1. The zero-order chi connectivity index (χ0) is 27.6. The number of methoxy groups -OCH3 is 2. The van der Waals surface area contributed by atoms with E-state index in [1.807, 2.05) is 6.07 Å². The molecule has 0 aliphatic carbocycles. The van der Waals surface area contributed by atoms with Gasteiger partial charge in [0, 0.05) is 60.5 Å². The molecular weight excluding hydrogens is 498 g/mol. The highest BCUT2D eigenvalue weighted by molar-refractivity contribution is 5.76. The fourth-order valence-corrected chi connectivity index (χ4v) is 5.17. The van der Waals surface area contributed by atoms with E-state index >= 15 is 0 Å². The normalized spacial score (nSPS) is 20.8. The highest BCUT2D eigenvalue weighted by Crippen LogP contribution is 2.34. The molecule has 2 heterocycles. The molecular formula is C30H43N3O6. The second-order valence-corrected chi connectivity index (χ2v) is 10.3. The fourth-order valence-electron chi connectivity index (χ4n) is 5.17. The zero-order valence-corrected chi connectivity index (χ0v) is 23.7. The second-order valence-electron chi connectivity index (χ2n) is 10.3. The molecule has 2 aromatic rings. The highest BCUT2D eigenvalue weighted by Gasteiger charge is 2.36. The number of hydrogen-bond acceptors (Lipinski definition) is 8. The van der Waals surface area contributed by atoms with E-state index in [1.165, 1.54) is 0 Å². The van der Waals surface area contributed by atoms with E-state index < -0.39 is 0 Å². The Kier molecular flexibility index (Phi) is 11.0. The van der Waals surface area contributed by atoms with Crippen molar-refractivity contribution in [2.24, 2.45) is 0 Å². The number of amides is 1. The van der Waals surface area contributed by atoms with Crippen molar-refractivity contribution >= 4 is 11.6 Å². The summed E-state index contributed by atoms with van der Waals surface area (Å²) in [4.78, 5) is 16.2. The molecule has 0 radical (unpaired) electrons. The number of hydrogen-bond donors (Lipinski definition) is 1. The van der Waals surface area contributed by atoms with Crippen LogP contribution in [0.4, 0.5) is 5.69 Å². The number of piperidine rings is 1. The van der Waals surface area contributed by atoms with Gasteiger partial charge in [-0.2, -0.15) is 0 Å². The number of carbonyl (C=O) groups excluding carboxylic acids is 1. The smallest absolute Gasteiger partial charge is 0.248 e. The van der Waals surface area contributed by atoms with Gasteiger partial charge >= 0.3 is 0 Å². The van der Waals surface area contributed by atoms with Crippen LogP contribution in [0.5, 0.6) is 5.75 Å². The third-order valence-electron chi connectivity index (χ3n) is 7.31. The van der Waals surface area contributed by atoms with Crippen LogP contribution in [0.25, 0.3) is 0 Å². The van der Waals surface area contributed by atoms with E-state index in [9.17, 15) is 4.79 Å². The zero-order valence-electron chi connectivity index (χ0n) is 23.7. The molecule has 3 atom stereocenters. The van der Waals surface area contributed by atoms with Crippen molar-refractivity contribution in [3.05, 3.63) is 59.2 Å². The SMILES string of the molecule is COCCCN1CCOc2ccc(CO[C@H]3CNC[C@@H](OCC(=O)N(C)C)[C@@H]3c3ccc(COC)cc3)cc21. The molecule has 1 N–H and O–H groups in total. The van der Waals surface area contributed by atoms with E-state index in [0.717, 1.165) is 54.2 Å². The Bertz CT molecular complexity index is 1050. The van der Waals surface area contributed by atoms with Crippen LogP contribution in [0.3, 0.4) is 0 Å². The standard InChI is InChI=1S/C30H43N3O6/c1-32(2)29(34)21-39-28-18-31-17-27(30(28)24-9-6-22(7-10-24)19-36-4)38-20-23-8-11-26-25(16-23)33(13-15-37-26)12-5-14-35-3/h6-11,16,27-28,30-31H,5,12-15,17-21H2,1-4H3/t27-,28+,30+/m0/s1. The maximum atomic E-state index is 12.3. The van der Waals surface area contributed by atoms with Crippen molar-refractivity contribution in [1.82, 2.24) is 10.2 Å². The van der Waals surface area contributed by atoms with Crippen LogP contribution in [0, 0.1) is 0 Å². The first kappa shape index (κ1) is 29.3. The van der Waals surface area contributed by atoms with Gasteiger partial charge in [-0.25, -0.2) is 0 Å². The van der Waals surface area contributed by atoms with Gasteiger partial charge in [0.15, 0.2) is 0 Å². The van der Waals surface area contributed by atoms with Crippen LogP contribution in [0.2, 0.25) is 0 Å². The first-order valence-electron chi connectivity index (χ1n) is 13.7. The van der Waals surface area contributed by atoms with Crippen LogP contribution in [0.1, 0.15) is 29.0 Å². The van der Waals surface area contributed by atoms with Gasteiger partial charge in [-0.15, -0.1) is 0 Å². The molecule has 9 nitrogen and oxygen atoms in total. The van der Waals surface area contributed by atoms with Gasteiger partial charge in [-0.1, -0.05) is 30.3 Å². The van der Waals surface area contributed by atoms with E-state index in [4.69, 9.17) is 23.7 Å². The molecule has 2 aromatic carbocycles. The van der Waals surface area contributed by atoms with Gasteiger partial charge in [0.25, 0.3) is 0 Å². The minimum absolute atomic E-state index is 0.0238. The highest BCUT2D eigenvalue weighted by atomic mass is 16.5. The van der Waals surface area contributed by atoms with Crippen molar-refractivity contribution in [3.63, 3.8) is 0 Å². The average Bonchev–Trinajstić information content (AvgIpc) is 2.95. The number of nitrogens with one attached hydrogen (secondary N) is 1. The van der Waals surface area contributed by atoms with Crippen LogP contribution >= 0.6 is 0 Å². The number of likely N-dealkylation sites (N-methyl/N-ethyl adjacent to an activating group) is 1. The molecule has 1 fully saturated rings. The second kappa shape index (κ2) is 14.6. The van der Waals surface area contributed by atoms with Gasteiger partial charge in [-0.05, 0) is 35.2 Å². The van der Waals surface area contributed by atoms with E-state index in [0.29, 0.717) is 32.9 Å². The van der Waals surface area contributed by atoms with E-state index in [1.54, 1.807) is 33.2 Å². The van der Waals surface area contributed by atoms with Gasteiger partial charge in [0.2, 0.25) is 5.91 Å². The number of anilines is 1. The van der Waals surface area contributed by atoms with Crippen LogP contribution in [0.15, 0.2) is 42.5 Å². The largest absolute Gasteiger partial charge is 0.490 e. The first-order valence-corrected chi connectivity index (χ1v) is 13.7. The van der Waals surface area contributed by atoms with Crippen LogP contribution in [-0.4, -0.2) is 97.3 Å². The minimum atomic E-state index is -0.200. The van der Waals surface area contributed by atoms with Gasteiger partial charge in [0.1, 0.15) is 19.0 Å². The molecule has 0 spiro atoms. The number of benzene rings is 2. The molecule has 0 aromatic heterocycles. The monoisotopic (exact) mass is 541 g/mol. The Morgan fingerprint density at radius 3 is 2.46 bits per heavy atom. The molecule has 4 rings (SSSR count). The summed E-state index contributed by atoms with van der Waals surface area (Å²) >= 11 is 0. The molecule has 2 aliphatic rings. The van der Waals surface area contributed by atoms with E-state index in [-0.39, 0.29) is 30.6 Å². The number of nitrogens with zero attached hydrogens (tertiary/aromatic N) is 2. The van der Waals surface area contributed by atoms with Crippen molar-refractivity contribution in [2.75, 3.05) is 79.2 Å². The van der Waals surface area contributed by atoms with Crippen molar-refractivity contribution in [1.29, 1.82) is 0 Å². The summed E-state index contributed by atoms with van der Waals surface area (Å²) in [7, 11) is 6.91. The topological polar surface area (TPSA) is 81.7 Å². The summed E-state index contributed by atoms with van der Waals surface area (Å²) in [5.74, 6) is 0.831. The quantitative estimate of drug-likeness (QED) is 0.388. The maximum Gasteiger partial charge on any atom is 0.248 e. The summed E-state index contributed by atoms with van der Waals surface area (Å²) in [5.41, 5.74) is 4.44. The van der Waals surface area contributed by atoms with Crippen molar-refractivity contribution in [3.8, 4) is 5.75 Å². The van der Waals surface area contributed by atoms with Crippen LogP contribution in [-0.2, 0) is 37.0 Å². The minimum Gasteiger partial charge on any atom is -0.490 e. The van der Waals surface area contributed by atoms with Crippen molar-refractivity contribution < 1.29 is 28.5 Å². The predicted molar refractivity (Wildman–Crippen MR) is 150 cm³/mol. The number of rotatable bonds is 13. The third-order valence-corrected chi connectivity index (χ3v) is 7.31. The van der Waals surface area contributed by atoms with Gasteiger partial charge in [-0.3, -0.25) is 4.79 Å². The molecule has 0 saturated carbocycles. The number of ether oxygens (including phenoxy) is 5. The van der Waals surface area contributed by atoms with E-state index in [2.05, 4.69) is 46.6 Å². The lowest BCUT2D eigenvalue weighted by Gasteiger charge is -2.39. The van der Waals surface area contributed by atoms with Gasteiger partial charge in [0.05, 0.1) is 37.7 Å². The molecule has 214 valence electrons. The lowest BCUT2D eigenvalue weighted by atomic mass is 9.85. The van der Waals surface area contributed by atoms with Crippen molar-refractivity contribution in [2.45, 2.75) is 37.8 Å². The Labute approximate surface area is 232 Å². The Morgan fingerprint density at radius 2 is 1.74 bits per heavy atom. The predicted octanol–water partition coefficient (Wildman–Crippen LogP) is 2.81. The molecule has 39 heavy (non-hydrogen) atoms. The lowest BCUT2D eigenvalue weighted by Crippen LogP contribution is -2.51. The van der Waals surface area contributed by atoms with Crippen LogP contribution < -0.4 is 15.0 Å². The Morgan fingerprint density at radius 1 is 1.00 bits per heavy atom. The molecule has 0 unspecified atom stereocenters. The third kappa shape index (κ3) is 7.93. The summed E-state index contributed by atoms with van der Waals surface area (Å²) in [6.45, 7) is 5.62. The Hall–Kier alpha value is -2.69. The summed E-state index contributed by atoms with van der Waals surface area (Å²) < 4.78 is 29.2. The summed E-state index contributed by atoms with van der Waals surface area (Å²) in [6.07, 6.45) is 0.637. The molecule has 9 heteroatoms. The van der Waals surface area contributed by atoms with Gasteiger partial charge < -0.3 is 38.8 Å². The number of carbonyl (C=O) groups is 1. The summed E-state index contributed by atoms with van der Waals surface area (Å²) in [6, 6.07) is 14.7. The average molecular weight is 542 g/mol. The molecule has 2 aliphatic heterocycles. The molecule has 1 saturated heterocycles. The maximum absolute atomic E-state index is 12.3. The fraction of sp³-hybridized carbons (Fsp3) is 0.567. The summed E-state index contributed by atoms with van der Waals surface area (Å²) in [5, 5.41) is 3.46. The molecule has 1 amide bonds.